The molecule has 0 saturated carbocycles. The Bertz CT molecular complexity index is 426. The molecule has 0 amide bonds. The van der Waals surface area contributed by atoms with E-state index in [9.17, 15) is 14.4 Å². The molecule has 22 heavy (non-hydrogen) atoms. The minimum Gasteiger partial charge on any atom is -0.457 e. The highest BCUT2D eigenvalue weighted by molar-refractivity contribution is 14.1. The average molecular weight is 430 g/mol. The van der Waals surface area contributed by atoms with Crippen LogP contribution >= 0.6 is 22.6 Å². The molecule has 1 rings (SSSR count). The smallest absolute Gasteiger partial charge is 0.305 e. The highest BCUT2D eigenvalue weighted by atomic mass is 127. The van der Waals surface area contributed by atoms with Gasteiger partial charge in [-0.3, -0.25) is 14.4 Å². The van der Waals surface area contributed by atoms with Crippen LogP contribution in [0.4, 0.5) is 0 Å². The molecule has 1 heterocycles. The van der Waals surface area contributed by atoms with Crippen LogP contribution in [0.5, 0.6) is 0 Å². The molecule has 0 aromatic carbocycles. The summed E-state index contributed by atoms with van der Waals surface area (Å²) in [6.45, 7) is 3.69. The topological polar surface area (TPSA) is 97.4 Å². The molecule has 0 radical (unpaired) electrons. The Morgan fingerprint density at radius 2 is 1.41 bits per heavy atom. The second-order valence-electron chi connectivity index (χ2n) is 4.66. The maximum atomic E-state index is 11.3. The lowest BCUT2D eigenvalue weighted by atomic mass is 9.99. The minimum absolute atomic E-state index is 0.458. The van der Waals surface area contributed by atoms with Gasteiger partial charge < -0.3 is 23.7 Å². The third-order valence-corrected chi connectivity index (χ3v) is 3.77. The number of halogens is 1. The Balaban J connectivity index is 3.09. The molecule has 0 aliphatic carbocycles. The van der Waals surface area contributed by atoms with E-state index in [2.05, 4.69) is 22.6 Å². The van der Waals surface area contributed by atoms with E-state index in [1.807, 2.05) is 0 Å². The van der Waals surface area contributed by atoms with Crippen molar-refractivity contribution in [3.05, 3.63) is 0 Å². The summed E-state index contributed by atoms with van der Waals surface area (Å²) in [5.74, 6) is -1.70. The summed E-state index contributed by atoms with van der Waals surface area (Å²) in [6, 6.07) is 0. The Kier molecular flexibility index (Phi) is 7.49. The van der Waals surface area contributed by atoms with Gasteiger partial charge in [0.15, 0.2) is 12.2 Å². The van der Waals surface area contributed by atoms with Crippen molar-refractivity contribution < 1.29 is 38.1 Å². The molecular weight excluding hydrogens is 411 g/mol. The lowest BCUT2D eigenvalue weighted by molar-refractivity contribution is -0.292. The second kappa shape index (κ2) is 8.63. The van der Waals surface area contributed by atoms with E-state index < -0.39 is 48.6 Å². The van der Waals surface area contributed by atoms with Crippen LogP contribution in [0.3, 0.4) is 0 Å². The molecule has 0 spiro atoms. The van der Waals surface area contributed by atoms with Gasteiger partial charge in [0.1, 0.15) is 12.2 Å². The second-order valence-corrected chi connectivity index (χ2v) is 5.54. The summed E-state index contributed by atoms with van der Waals surface area (Å²) in [5.41, 5.74) is 0. The Hall–Kier alpha value is -0.940. The van der Waals surface area contributed by atoms with E-state index in [-0.39, 0.29) is 0 Å². The third kappa shape index (κ3) is 5.06. The van der Waals surface area contributed by atoms with Crippen molar-refractivity contribution in [1.29, 1.82) is 0 Å². The number of carbonyl (C=O) groups is 3. The fraction of sp³-hybridized carbons (Fsp3) is 0.769. The molecule has 0 aromatic rings. The number of rotatable bonds is 5. The lowest BCUT2D eigenvalue weighted by Gasteiger charge is -2.43. The third-order valence-electron chi connectivity index (χ3n) is 2.90. The normalized spacial score (nSPS) is 31.2. The molecule has 1 fully saturated rings. The maximum Gasteiger partial charge on any atom is 0.305 e. The van der Waals surface area contributed by atoms with E-state index in [1.54, 1.807) is 0 Å². The summed E-state index contributed by atoms with van der Waals surface area (Å²) in [6.07, 6.45) is -4.32. The Labute approximate surface area is 141 Å². The summed E-state index contributed by atoms with van der Waals surface area (Å²) in [7, 11) is 1.39. The van der Waals surface area contributed by atoms with Gasteiger partial charge in [-0.15, -0.1) is 0 Å². The predicted molar refractivity (Wildman–Crippen MR) is 81.2 cm³/mol. The standard InChI is InChI=1S/C13H19IO8/c1-6(15)19-10-9(5-14)22-13(21-8(3)17)12(11(10)18-4)20-7(2)16/h9-13H,5H2,1-4H3/t9-,10-,11+,12+,13-/m0/s1. The first-order chi connectivity index (χ1) is 10.3. The average Bonchev–Trinajstić information content (AvgIpc) is 2.40. The Morgan fingerprint density at radius 3 is 1.82 bits per heavy atom. The van der Waals surface area contributed by atoms with Crippen molar-refractivity contribution in [2.24, 2.45) is 0 Å². The zero-order chi connectivity index (χ0) is 16.9. The number of hydrogen-bond acceptors (Lipinski definition) is 8. The van der Waals surface area contributed by atoms with E-state index in [0.717, 1.165) is 0 Å². The van der Waals surface area contributed by atoms with Gasteiger partial charge in [-0.05, 0) is 0 Å². The SMILES string of the molecule is CO[C@@H]1[C@@H](OC(C)=O)[C@H](CI)O[C@H](OC(C)=O)[C@@H]1OC(C)=O. The van der Waals surface area contributed by atoms with Crippen LogP contribution in [0.25, 0.3) is 0 Å². The van der Waals surface area contributed by atoms with Crippen LogP contribution in [0, 0.1) is 0 Å². The first kappa shape index (κ1) is 19.1. The molecule has 1 saturated heterocycles. The van der Waals surface area contributed by atoms with Gasteiger partial charge in [0.2, 0.25) is 6.29 Å². The minimum atomic E-state index is -1.13. The van der Waals surface area contributed by atoms with Crippen LogP contribution < -0.4 is 0 Å². The fourth-order valence-electron chi connectivity index (χ4n) is 2.18. The van der Waals surface area contributed by atoms with E-state index in [0.29, 0.717) is 4.43 Å². The maximum absolute atomic E-state index is 11.3. The fourth-order valence-corrected chi connectivity index (χ4v) is 2.89. The van der Waals surface area contributed by atoms with Crippen molar-refractivity contribution in [2.45, 2.75) is 51.5 Å². The summed E-state index contributed by atoms with van der Waals surface area (Å²) < 4.78 is 26.9. The van der Waals surface area contributed by atoms with Crippen LogP contribution in [-0.2, 0) is 38.1 Å². The van der Waals surface area contributed by atoms with Crippen molar-refractivity contribution in [1.82, 2.24) is 0 Å². The van der Waals surface area contributed by atoms with Crippen molar-refractivity contribution >= 4 is 40.5 Å². The summed E-state index contributed by atoms with van der Waals surface area (Å²) in [4.78, 5) is 33.8. The van der Waals surface area contributed by atoms with Crippen LogP contribution in [0.1, 0.15) is 20.8 Å². The monoisotopic (exact) mass is 430 g/mol. The highest BCUT2D eigenvalue weighted by Gasteiger charge is 2.51. The van der Waals surface area contributed by atoms with Gasteiger partial charge in [-0.1, -0.05) is 22.6 Å². The molecule has 0 bridgehead atoms. The Morgan fingerprint density at radius 1 is 0.909 bits per heavy atom. The molecule has 0 unspecified atom stereocenters. The number of ether oxygens (including phenoxy) is 5. The predicted octanol–water partition coefficient (Wildman–Crippen LogP) is 0.588. The molecular formula is C13H19IO8. The zero-order valence-corrected chi connectivity index (χ0v) is 14.9. The quantitative estimate of drug-likeness (QED) is 0.271. The van der Waals surface area contributed by atoms with Crippen molar-refractivity contribution in [3.8, 4) is 0 Å². The molecule has 9 heteroatoms. The molecule has 1 aliphatic heterocycles. The van der Waals surface area contributed by atoms with Gasteiger partial charge in [0.05, 0.1) is 0 Å². The van der Waals surface area contributed by atoms with Gasteiger partial charge in [-0.2, -0.15) is 0 Å². The number of hydrogen-bond donors (Lipinski definition) is 0. The number of carbonyl (C=O) groups excluding carboxylic acids is 3. The van der Waals surface area contributed by atoms with Crippen molar-refractivity contribution in [2.75, 3.05) is 11.5 Å². The summed E-state index contributed by atoms with van der Waals surface area (Å²) >= 11 is 2.05. The molecule has 5 atom stereocenters. The van der Waals surface area contributed by atoms with Crippen LogP contribution in [0.15, 0.2) is 0 Å². The summed E-state index contributed by atoms with van der Waals surface area (Å²) in [5, 5.41) is 0. The van der Waals surface area contributed by atoms with Crippen LogP contribution in [-0.4, -0.2) is 60.2 Å². The highest BCUT2D eigenvalue weighted by Crippen LogP contribution is 2.29. The molecule has 0 aromatic heterocycles. The first-order valence-electron chi connectivity index (χ1n) is 6.56. The van der Waals surface area contributed by atoms with Crippen LogP contribution in [0.2, 0.25) is 0 Å². The van der Waals surface area contributed by atoms with E-state index >= 15 is 0 Å². The first-order valence-corrected chi connectivity index (χ1v) is 8.08. The number of esters is 3. The van der Waals surface area contributed by atoms with Gasteiger partial charge in [0, 0.05) is 32.3 Å². The van der Waals surface area contributed by atoms with Gasteiger partial charge in [0.25, 0.3) is 0 Å². The molecule has 126 valence electrons. The number of alkyl halides is 1. The lowest BCUT2D eigenvalue weighted by Crippen LogP contribution is -2.62. The van der Waals surface area contributed by atoms with Crippen molar-refractivity contribution in [3.63, 3.8) is 0 Å². The van der Waals surface area contributed by atoms with Gasteiger partial charge >= 0.3 is 17.9 Å². The molecule has 0 N–H and O–H groups in total. The van der Waals surface area contributed by atoms with E-state index in [1.165, 1.54) is 27.9 Å². The van der Waals surface area contributed by atoms with E-state index in [4.69, 9.17) is 23.7 Å². The van der Waals surface area contributed by atoms with Gasteiger partial charge in [-0.25, -0.2) is 0 Å². The molecule has 8 nitrogen and oxygen atoms in total. The largest absolute Gasteiger partial charge is 0.457 e. The zero-order valence-electron chi connectivity index (χ0n) is 12.7. The number of methoxy groups -OCH3 is 1. The molecule has 1 aliphatic rings.